The average Bonchev–Trinajstić information content (AvgIpc) is 2.94. The minimum atomic E-state index is -3.47. The van der Waals surface area contributed by atoms with Crippen LogP contribution < -0.4 is 15.0 Å². The number of amides is 2. The molecule has 0 spiro atoms. The van der Waals surface area contributed by atoms with Crippen LogP contribution in [0.25, 0.3) is 0 Å². The van der Waals surface area contributed by atoms with Crippen LogP contribution in [0.2, 0.25) is 10.0 Å². The summed E-state index contributed by atoms with van der Waals surface area (Å²) in [6.07, 6.45) is -2.91. The maximum absolute atomic E-state index is 14.5. The van der Waals surface area contributed by atoms with E-state index in [-0.39, 0.29) is 50.4 Å². The van der Waals surface area contributed by atoms with Gasteiger partial charge in [-0.05, 0) is 54.6 Å². The fourth-order valence-electron chi connectivity index (χ4n) is 3.89. The number of aliphatic hydroxyl groups excluding tert-OH is 1. The van der Waals surface area contributed by atoms with Crippen LogP contribution >= 0.6 is 23.2 Å². The van der Waals surface area contributed by atoms with E-state index in [2.05, 4.69) is 5.32 Å². The topological polar surface area (TPSA) is 78.9 Å². The lowest BCUT2D eigenvalue weighted by atomic mass is 10.0. The molecule has 0 fully saturated rings. The third-order valence-corrected chi connectivity index (χ3v) is 6.32. The van der Waals surface area contributed by atoms with Gasteiger partial charge in [-0.3, -0.25) is 9.59 Å². The summed E-state index contributed by atoms with van der Waals surface area (Å²) >= 11 is 11.9. The molecule has 1 atom stereocenters. The molecule has 1 heterocycles. The van der Waals surface area contributed by atoms with Crippen molar-refractivity contribution in [3.63, 3.8) is 0 Å². The summed E-state index contributed by atoms with van der Waals surface area (Å²) in [5.41, 5.74) is 0.0872. The van der Waals surface area contributed by atoms with Crippen LogP contribution in [0.4, 0.5) is 24.5 Å². The van der Waals surface area contributed by atoms with Crippen molar-refractivity contribution in [2.75, 3.05) is 23.9 Å². The summed E-state index contributed by atoms with van der Waals surface area (Å²) in [6.45, 7) is -0.365. The molecule has 6 nitrogen and oxygen atoms in total. The third kappa shape index (κ3) is 5.00. The van der Waals surface area contributed by atoms with Gasteiger partial charge in [-0.1, -0.05) is 23.2 Å². The summed E-state index contributed by atoms with van der Waals surface area (Å²) in [5, 5.41) is 13.0. The summed E-state index contributed by atoms with van der Waals surface area (Å²) in [7, 11) is 1.31. The van der Waals surface area contributed by atoms with Crippen molar-refractivity contribution in [2.45, 2.75) is 18.4 Å². The zero-order chi connectivity index (χ0) is 26.2. The summed E-state index contributed by atoms with van der Waals surface area (Å²) in [5.74, 6) is -5.36. The van der Waals surface area contributed by atoms with Gasteiger partial charge in [0.05, 0.1) is 29.1 Å². The standard InChI is InChI=1S/C25H19Cl2F3N2O4/c1-36-21-10-13(2-6-19(21)31-23(34)16-12-15(28)4-5-18(16)27)24(35)32-9-8-25(29,30)22(33)17-11-14(26)3-7-20(17)32/h2-7,10-12,22,33H,8-9H2,1H3,(H,31,34). The zero-order valence-corrected chi connectivity index (χ0v) is 20.2. The highest BCUT2D eigenvalue weighted by Gasteiger charge is 2.44. The molecule has 0 aliphatic carbocycles. The predicted octanol–water partition coefficient (Wildman–Crippen LogP) is 6.11. The molecular weight excluding hydrogens is 520 g/mol. The number of halogens is 5. The Hall–Kier alpha value is -3.27. The van der Waals surface area contributed by atoms with Crippen LogP contribution in [0, 0.1) is 5.82 Å². The largest absolute Gasteiger partial charge is 0.495 e. The summed E-state index contributed by atoms with van der Waals surface area (Å²) in [6, 6.07) is 11.5. The molecule has 2 N–H and O–H groups in total. The van der Waals surface area contributed by atoms with Crippen molar-refractivity contribution in [1.82, 2.24) is 0 Å². The molecule has 1 aliphatic rings. The van der Waals surface area contributed by atoms with E-state index < -0.39 is 36.1 Å². The number of ether oxygens (including phenoxy) is 1. The number of benzene rings is 3. The smallest absolute Gasteiger partial charge is 0.279 e. The molecule has 1 unspecified atom stereocenters. The molecule has 2 amide bonds. The number of hydrogen-bond donors (Lipinski definition) is 2. The number of carbonyl (C=O) groups is 2. The normalized spacial score (nSPS) is 16.6. The van der Waals surface area contributed by atoms with Crippen molar-refractivity contribution in [3.05, 3.63) is 87.2 Å². The number of anilines is 2. The predicted molar refractivity (Wildman–Crippen MR) is 130 cm³/mol. The molecule has 4 rings (SSSR count). The van der Waals surface area contributed by atoms with E-state index >= 15 is 0 Å². The van der Waals surface area contributed by atoms with Crippen molar-refractivity contribution in [1.29, 1.82) is 0 Å². The minimum absolute atomic E-state index is 0.0404. The van der Waals surface area contributed by atoms with Gasteiger partial charge in [-0.25, -0.2) is 13.2 Å². The molecule has 3 aromatic carbocycles. The second-order valence-electron chi connectivity index (χ2n) is 8.07. The Morgan fingerprint density at radius 1 is 1.11 bits per heavy atom. The van der Waals surface area contributed by atoms with Gasteiger partial charge in [0, 0.05) is 29.1 Å². The Balaban J connectivity index is 1.65. The van der Waals surface area contributed by atoms with Crippen molar-refractivity contribution >= 4 is 46.4 Å². The van der Waals surface area contributed by atoms with E-state index in [1.165, 1.54) is 49.6 Å². The maximum atomic E-state index is 14.5. The molecule has 36 heavy (non-hydrogen) atoms. The number of hydrogen-bond acceptors (Lipinski definition) is 4. The van der Waals surface area contributed by atoms with Gasteiger partial charge < -0.3 is 20.1 Å². The molecule has 0 aromatic heterocycles. The summed E-state index contributed by atoms with van der Waals surface area (Å²) < 4.78 is 47.8. The number of rotatable bonds is 4. The van der Waals surface area contributed by atoms with Crippen molar-refractivity contribution in [3.8, 4) is 5.75 Å². The number of nitrogens with one attached hydrogen (secondary N) is 1. The van der Waals surface area contributed by atoms with E-state index in [0.29, 0.717) is 0 Å². The number of fused-ring (bicyclic) bond motifs is 1. The van der Waals surface area contributed by atoms with Gasteiger partial charge in [0.15, 0.2) is 0 Å². The first-order chi connectivity index (χ1) is 17.0. The number of carbonyl (C=O) groups excluding carboxylic acids is 2. The second kappa shape index (κ2) is 10.0. The van der Waals surface area contributed by atoms with E-state index in [1.54, 1.807) is 0 Å². The minimum Gasteiger partial charge on any atom is -0.495 e. The molecule has 0 saturated carbocycles. The Morgan fingerprint density at radius 3 is 2.58 bits per heavy atom. The van der Waals surface area contributed by atoms with Crippen molar-refractivity contribution in [2.24, 2.45) is 0 Å². The fourth-order valence-corrected chi connectivity index (χ4v) is 4.28. The highest BCUT2D eigenvalue weighted by atomic mass is 35.5. The molecule has 188 valence electrons. The quantitative estimate of drug-likeness (QED) is 0.419. The van der Waals surface area contributed by atoms with Gasteiger partial charge in [0.2, 0.25) is 0 Å². The van der Waals surface area contributed by atoms with E-state index in [1.807, 2.05) is 0 Å². The van der Waals surface area contributed by atoms with Gasteiger partial charge >= 0.3 is 0 Å². The van der Waals surface area contributed by atoms with Crippen LogP contribution in [0.3, 0.4) is 0 Å². The highest BCUT2D eigenvalue weighted by molar-refractivity contribution is 6.34. The highest BCUT2D eigenvalue weighted by Crippen LogP contribution is 2.43. The molecule has 11 heteroatoms. The molecular formula is C25H19Cl2F3N2O4. The average molecular weight is 539 g/mol. The Morgan fingerprint density at radius 2 is 1.86 bits per heavy atom. The first-order valence-corrected chi connectivity index (χ1v) is 11.4. The van der Waals surface area contributed by atoms with E-state index in [0.717, 1.165) is 17.0 Å². The number of nitrogens with zero attached hydrogens (tertiary/aromatic N) is 1. The van der Waals surface area contributed by atoms with Crippen LogP contribution in [0.1, 0.15) is 38.8 Å². The number of aliphatic hydroxyl groups is 1. The first-order valence-electron chi connectivity index (χ1n) is 10.6. The Kier molecular flexibility index (Phi) is 7.17. The number of methoxy groups -OCH3 is 1. The monoisotopic (exact) mass is 538 g/mol. The van der Waals surface area contributed by atoms with Gasteiger partial charge in [-0.2, -0.15) is 0 Å². The Labute approximate surface area is 214 Å². The van der Waals surface area contributed by atoms with Crippen LogP contribution in [0.5, 0.6) is 5.75 Å². The lowest BCUT2D eigenvalue weighted by Crippen LogP contribution is -2.33. The molecule has 3 aromatic rings. The maximum Gasteiger partial charge on any atom is 0.279 e. The van der Waals surface area contributed by atoms with E-state index in [4.69, 9.17) is 27.9 Å². The van der Waals surface area contributed by atoms with E-state index in [9.17, 15) is 27.9 Å². The SMILES string of the molecule is COc1cc(C(=O)N2CCC(F)(F)C(O)c3cc(Cl)ccc32)ccc1NC(=O)c1cc(F)ccc1Cl. The van der Waals surface area contributed by atoms with Crippen LogP contribution in [-0.4, -0.2) is 36.5 Å². The third-order valence-electron chi connectivity index (χ3n) is 5.76. The van der Waals surface area contributed by atoms with Crippen LogP contribution in [0.15, 0.2) is 54.6 Å². The lowest BCUT2D eigenvalue weighted by molar-refractivity contribution is -0.112. The van der Waals surface area contributed by atoms with Crippen molar-refractivity contribution < 1.29 is 32.6 Å². The van der Waals surface area contributed by atoms with Crippen LogP contribution in [-0.2, 0) is 0 Å². The second-order valence-corrected chi connectivity index (χ2v) is 8.91. The molecule has 0 saturated heterocycles. The van der Waals surface area contributed by atoms with Gasteiger partial charge in [0.25, 0.3) is 17.7 Å². The Bertz CT molecular complexity index is 1350. The molecule has 0 radical (unpaired) electrons. The summed E-state index contributed by atoms with van der Waals surface area (Å²) in [4.78, 5) is 27.1. The molecule has 1 aliphatic heterocycles. The number of alkyl halides is 2. The zero-order valence-electron chi connectivity index (χ0n) is 18.7. The fraction of sp³-hybridized carbons (Fsp3) is 0.200. The van der Waals surface area contributed by atoms with Gasteiger partial charge in [0.1, 0.15) is 17.7 Å². The first kappa shape index (κ1) is 25.8. The van der Waals surface area contributed by atoms with Gasteiger partial charge in [-0.15, -0.1) is 0 Å². The molecule has 0 bridgehead atoms. The lowest BCUT2D eigenvalue weighted by Gasteiger charge is -2.24.